The molecule has 0 unspecified atom stereocenters. The van der Waals surface area contributed by atoms with Crippen molar-refractivity contribution in [1.82, 2.24) is 9.97 Å². The third-order valence-electron chi connectivity index (χ3n) is 3.62. The molecule has 100 valence electrons. The zero-order chi connectivity index (χ0) is 13.2. The van der Waals surface area contributed by atoms with E-state index in [0.29, 0.717) is 17.3 Å². The fraction of sp³-hybridized carbons (Fsp3) is 0.692. The van der Waals surface area contributed by atoms with Crippen LogP contribution in [0.15, 0.2) is 6.07 Å². The summed E-state index contributed by atoms with van der Waals surface area (Å²) in [5.41, 5.74) is 6.11. The number of nitrogens with two attached hydrogens (primary N) is 1. The van der Waals surface area contributed by atoms with Crippen molar-refractivity contribution in [2.45, 2.75) is 45.6 Å². The number of rotatable bonds is 3. The zero-order valence-electron chi connectivity index (χ0n) is 11.4. The van der Waals surface area contributed by atoms with Gasteiger partial charge < -0.3 is 15.8 Å². The van der Waals surface area contributed by atoms with E-state index in [1.807, 2.05) is 0 Å². The van der Waals surface area contributed by atoms with Gasteiger partial charge in [0.25, 0.3) is 0 Å². The van der Waals surface area contributed by atoms with Crippen LogP contribution in [0.3, 0.4) is 0 Å². The highest BCUT2D eigenvalue weighted by molar-refractivity contribution is 5.43. The Bertz CT molecular complexity index is 409. The Morgan fingerprint density at radius 1 is 1.33 bits per heavy atom. The molecule has 5 heteroatoms. The predicted octanol–water partition coefficient (Wildman–Crippen LogP) is 2.45. The topological polar surface area (TPSA) is 73.1 Å². The molecule has 0 bridgehead atoms. The SMILES string of the molecule is COc1cc(NC2CCC(C)(C)CC2)nc(N)n1. The van der Waals surface area contributed by atoms with E-state index >= 15 is 0 Å². The Morgan fingerprint density at radius 3 is 2.61 bits per heavy atom. The summed E-state index contributed by atoms with van der Waals surface area (Å²) in [7, 11) is 1.58. The molecule has 1 aromatic rings. The molecule has 0 aromatic carbocycles. The number of nitrogens with zero attached hydrogens (tertiary/aromatic N) is 2. The van der Waals surface area contributed by atoms with Crippen molar-refractivity contribution in [3.63, 3.8) is 0 Å². The lowest BCUT2D eigenvalue weighted by Gasteiger charge is -2.34. The van der Waals surface area contributed by atoms with Gasteiger partial charge in [-0.25, -0.2) is 0 Å². The average molecular weight is 250 g/mol. The summed E-state index contributed by atoms with van der Waals surface area (Å²) < 4.78 is 5.09. The number of ether oxygens (including phenoxy) is 1. The normalized spacial score (nSPS) is 19.5. The van der Waals surface area contributed by atoms with E-state index in [0.717, 1.165) is 5.82 Å². The molecular formula is C13H22N4O. The summed E-state index contributed by atoms with van der Waals surface area (Å²) in [6.07, 6.45) is 4.81. The van der Waals surface area contributed by atoms with E-state index in [1.165, 1.54) is 25.7 Å². The maximum atomic E-state index is 5.64. The maximum Gasteiger partial charge on any atom is 0.225 e. The highest BCUT2D eigenvalue weighted by Crippen LogP contribution is 2.36. The molecule has 1 fully saturated rings. The summed E-state index contributed by atoms with van der Waals surface area (Å²) in [4.78, 5) is 8.16. The van der Waals surface area contributed by atoms with Gasteiger partial charge in [0.2, 0.25) is 11.8 Å². The second-order valence-electron chi connectivity index (χ2n) is 5.74. The molecule has 0 atom stereocenters. The number of hydrogen-bond donors (Lipinski definition) is 2. The molecule has 1 aliphatic carbocycles. The molecule has 0 spiro atoms. The van der Waals surface area contributed by atoms with Gasteiger partial charge >= 0.3 is 0 Å². The molecule has 1 aromatic heterocycles. The lowest BCUT2D eigenvalue weighted by Crippen LogP contribution is -2.30. The van der Waals surface area contributed by atoms with Gasteiger partial charge in [0.15, 0.2) is 0 Å². The van der Waals surface area contributed by atoms with Crippen LogP contribution in [-0.2, 0) is 0 Å². The smallest absolute Gasteiger partial charge is 0.225 e. The number of methoxy groups -OCH3 is 1. The monoisotopic (exact) mass is 250 g/mol. The van der Waals surface area contributed by atoms with Crippen molar-refractivity contribution in [2.75, 3.05) is 18.2 Å². The summed E-state index contributed by atoms with van der Waals surface area (Å²) in [6, 6.07) is 2.26. The molecule has 0 saturated heterocycles. The molecule has 1 saturated carbocycles. The number of hydrogen-bond acceptors (Lipinski definition) is 5. The van der Waals surface area contributed by atoms with Crippen molar-refractivity contribution in [3.8, 4) is 5.88 Å². The van der Waals surface area contributed by atoms with Gasteiger partial charge in [0.05, 0.1) is 7.11 Å². The van der Waals surface area contributed by atoms with Gasteiger partial charge in [0, 0.05) is 12.1 Å². The summed E-state index contributed by atoms with van der Waals surface area (Å²) in [5.74, 6) is 1.50. The zero-order valence-corrected chi connectivity index (χ0v) is 11.4. The van der Waals surface area contributed by atoms with E-state index < -0.39 is 0 Å². The van der Waals surface area contributed by atoms with Crippen LogP contribution in [0.5, 0.6) is 5.88 Å². The van der Waals surface area contributed by atoms with Crippen molar-refractivity contribution in [3.05, 3.63) is 6.07 Å². The summed E-state index contributed by atoms with van der Waals surface area (Å²) in [6.45, 7) is 4.66. The summed E-state index contributed by atoms with van der Waals surface area (Å²) in [5, 5.41) is 3.42. The van der Waals surface area contributed by atoms with Crippen LogP contribution < -0.4 is 15.8 Å². The van der Waals surface area contributed by atoms with Crippen LogP contribution in [-0.4, -0.2) is 23.1 Å². The molecule has 0 aliphatic heterocycles. The van der Waals surface area contributed by atoms with Crippen molar-refractivity contribution in [1.29, 1.82) is 0 Å². The highest BCUT2D eigenvalue weighted by atomic mass is 16.5. The number of aromatic nitrogens is 2. The lowest BCUT2D eigenvalue weighted by molar-refractivity contribution is 0.232. The molecular weight excluding hydrogens is 228 g/mol. The van der Waals surface area contributed by atoms with E-state index in [9.17, 15) is 0 Å². The van der Waals surface area contributed by atoms with Crippen LogP contribution in [0.1, 0.15) is 39.5 Å². The summed E-state index contributed by atoms with van der Waals surface area (Å²) >= 11 is 0. The first-order chi connectivity index (χ1) is 8.48. The molecule has 2 rings (SSSR count). The minimum atomic E-state index is 0.244. The fourth-order valence-electron chi connectivity index (χ4n) is 2.37. The van der Waals surface area contributed by atoms with E-state index in [2.05, 4.69) is 29.1 Å². The predicted molar refractivity (Wildman–Crippen MR) is 72.7 cm³/mol. The van der Waals surface area contributed by atoms with Crippen molar-refractivity contribution in [2.24, 2.45) is 5.41 Å². The number of nitrogen functional groups attached to an aromatic ring is 1. The Balaban J connectivity index is 2.00. The molecule has 3 N–H and O–H groups in total. The molecule has 0 radical (unpaired) electrons. The van der Waals surface area contributed by atoms with E-state index in [1.54, 1.807) is 13.2 Å². The molecule has 0 amide bonds. The largest absolute Gasteiger partial charge is 0.481 e. The van der Waals surface area contributed by atoms with E-state index in [-0.39, 0.29) is 5.95 Å². The quantitative estimate of drug-likeness (QED) is 0.862. The Labute approximate surface area is 108 Å². The minimum Gasteiger partial charge on any atom is -0.481 e. The third kappa shape index (κ3) is 3.24. The second kappa shape index (κ2) is 5.00. The second-order valence-corrected chi connectivity index (χ2v) is 5.74. The first kappa shape index (κ1) is 12.9. The van der Waals surface area contributed by atoms with Crippen LogP contribution >= 0.6 is 0 Å². The molecule has 1 aliphatic rings. The number of nitrogens with one attached hydrogen (secondary N) is 1. The first-order valence-electron chi connectivity index (χ1n) is 6.44. The standard InChI is InChI=1S/C13H22N4O/c1-13(2)6-4-9(5-7-13)15-10-8-11(18-3)17-12(14)16-10/h8-9H,4-7H2,1-3H3,(H3,14,15,16,17). The number of anilines is 2. The van der Waals surface area contributed by atoms with Gasteiger partial charge in [0.1, 0.15) is 5.82 Å². The van der Waals surface area contributed by atoms with Gasteiger partial charge in [-0.3, -0.25) is 0 Å². The average Bonchev–Trinajstić information content (AvgIpc) is 2.31. The van der Waals surface area contributed by atoms with Gasteiger partial charge in [-0.2, -0.15) is 9.97 Å². The molecule has 5 nitrogen and oxygen atoms in total. The Kier molecular flexibility index (Phi) is 3.59. The minimum absolute atomic E-state index is 0.244. The van der Waals surface area contributed by atoms with Crippen LogP contribution in [0.25, 0.3) is 0 Å². The van der Waals surface area contributed by atoms with Crippen molar-refractivity contribution >= 4 is 11.8 Å². The molecule has 1 heterocycles. The van der Waals surface area contributed by atoms with Gasteiger partial charge in [-0.15, -0.1) is 0 Å². The Morgan fingerprint density at radius 2 is 2.00 bits per heavy atom. The van der Waals surface area contributed by atoms with Gasteiger partial charge in [-0.05, 0) is 31.1 Å². The maximum absolute atomic E-state index is 5.64. The van der Waals surface area contributed by atoms with Crippen LogP contribution in [0, 0.1) is 5.41 Å². The fourth-order valence-corrected chi connectivity index (χ4v) is 2.37. The first-order valence-corrected chi connectivity index (χ1v) is 6.44. The van der Waals surface area contributed by atoms with Crippen LogP contribution in [0.4, 0.5) is 11.8 Å². The molecule has 18 heavy (non-hydrogen) atoms. The van der Waals surface area contributed by atoms with E-state index in [4.69, 9.17) is 10.5 Å². The Hall–Kier alpha value is -1.52. The van der Waals surface area contributed by atoms with Crippen molar-refractivity contribution < 1.29 is 4.74 Å². The lowest BCUT2D eigenvalue weighted by atomic mass is 9.75. The highest BCUT2D eigenvalue weighted by Gasteiger charge is 2.26. The van der Waals surface area contributed by atoms with Crippen LogP contribution in [0.2, 0.25) is 0 Å². The third-order valence-corrected chi connectivity index (χ3v) is 3.62. The van der Waals surface area contributed by atoms with Gasteiger partial charge in [-0.1, -0.05) is 13.8 Å².